The van der Waals surface area contributed by atoms with Crippen molar-refractivity contribution in [3.63, 3.8) is 0 Å². The van der Waals surface area contributed by atoms with Crippen LogP contribution in [-0.4, -0.2) is 6.54 Å². The van der Waals surface area contributed by atoms with E-state index >= 15 is 0 Å². The van der Waals surface area contributed by atoms with Crippen LogP contribution in [-0.2, 0) is 5.41 Å². The second-order valence-corrected chi connectivity index (χ2v) is 7.65. The molecule has 20 heavy (non-hydrogen) atoms. The average molecular weight is 292 g/mol. The molecular weight excluding hydrogens is 266 g/mol. The largest absolute Gasteiger partial charge is 0.330 e. The summed E-state index contributed by atoms with van der Waals surface area (Å²) in [6, 6.07) is 11.4. The molecule has 5 rings (SSSR count). The molecule has 0 aliphatic heterocycles. The maximum absolute atomic E-state index is 5.93. The third-order valence-corrected chi connectivity index (χ3v) is 6.24. The summed E-state index contributed by atoms with van der Waals surface area (Å²) >= 11 is 0. The molecule has 0 spiro atoms. The Morgan fingerprint density at radius 1 is 1.00 bits per heavy atom. The summed E-state index contributed by atoms with van der Waals surface area (Å²) in [5.74, 6) is 1.96. The monoisotopic (exact) mass is 291 g/mol. The fraction of sp³-hybridized carbons (Fsp3) is 0.667. The molecule has 2 atom stereocenters. The van der Waals surface area contributed by atoms with Gasteiger partial charge in [-0.15, -0.1) is 12.4 Å². The highest BCUT2D eigenvalue weighted by Gasteiger charge is 2.57. The van der Waals surface area contributed by atoms with E-state index in [4.69, 9.17) is 5.73 Å². The van der Waals surface area contributed by atoms with Gasteiger partial charge in [-0.05, 0) is 79.7 Å². The van der Waals surface area contributed by atoms with Gasteiger partial charge < -0.3 is 5.73 Å². The van der Waals surface area contributed by atoms with Crippen molar-refractivity contribution in [3.8, 4) is 0 Å². The van der Waals surface area contributed by atoms with Crippen molar-refractivity contribution < 1.29 is 0 Å². The normalized spacial score (nSPS) is 41.5. The fourth-order valence-corrected chi connectivity index (χ4v) is 6.18. The van der Waals surface area contributed by atoms with Crippen LogP contribution in [0.5, 0.6) is 0 Å². The number of rotatable bonds is 3. The van der Waals surface area contributed by atoms with Crippen molar-refractivity contribution in [2.45, 2.75) is 50.4 Å². The molecule has 4 fully saturated rings. The molecule has 0 saturated heterocycles. The third-order valence-electron chi connectivity index (χ3n) is 6.24. The van der Waals surface area contributed by atoms with Crippen LogP contribution in [0.25, 0.3) is 0 Å². The van der Waals surface area contributed by atoms with Crippen LogP contribution in [0.1, 0.15) is 50.5 Å². The zero-order valence-electron chi connectivity index (χ0n) is 12.2. The second kappa shape index (κ2) is 5.03. The Morgan fingerprint density at radius 2 is 1.65 bits per heavy atom. The standard InChI is InChI=1S/C18H25N.ClH/c19-7-6-17-9-14-8-15(10-17)12-18(11-14,13-17)16-4-2-1-3-5-16;/h1-5,14-15H,6-13,19H2;1H. The van der Waals surface area contributed by atoms with E-state index in [1.54, 1.807) is 5.56 Å². The SMILES string of the molecule is Cl.NCCC12CC3CC(C1)CC(c1ccccc1)(C3)C2. The Kier molecular flexibility index (Phi) is 3.63. The lowest BCUT2D eigenvalue weighted by molar-refractivity contribution is -0.0748. The van der Waals surface area contributed by atoms with Crippen molar-refractivity contribution in [2.24, 2.45) is 23.0 Å². The van der Waals surface area contributed by atoms with Crippen molar-refractivity contribution in [1.82, 2.24) is 0 Å². The first kappa shape index (κ1) is 14.4. The average Bonchev–Trinajstić information content (AvgIpc) is 2.38. The molecule has 1 aromatic carbocycles. The van der Waals surface area contributed by atoms with Gasteiger partial charge in [0.05, 0.1) is 0 Å². The van der Waals surface area contributed by atoms with Gasteiger partial charge in [0.15, 0.2) is 0 Å². The Morgan fingerprint density at radius 3 is 2.25 bits per heavy atom. The number of nitrogens with two attached hydrogens (primary N) is 1. The Balaban J connectivity index is 0.00000121. The molecule has 110 valence electrons. The number of hydrogen-bond donors (Lipinski definition) is 1. The molecule has 4 aliphatic carbocycles. The lowest BCUT2D eigenvalue weighted by Gasteiger charge is -2.62. The minimum Gasteiger partial charge on any atom is -0.330 e. The predicted molar refractivity (Wildman–Crippen MR) is 86.2 cm³/mol. The van der Waals surface area contributed by atoms with Gasteiger partial charge in [0, 0.05) is 0 Å². The van der Waals surface area contributed by atoms with E-state index in [1.807, 2.05) is 0 Å². The summed E-state index contributed by atoms with van der Waals surface area (Å²) in [6.07, 6.45) is 9.99. The van der Waals surface area contributed by atoms with Crippen LogP contribution in [0.2, 0.25) is 0 Å². The van der Waals surface area contributed by atoms with E-state index in [0.29, 0.717) is 10.8 Å². The molecule has 2 unspecified atom stereocenters. The van der Waals surface area contributed by atoms with Crippen LogP contribution >= 0.6 is 12.4 Å². The molecule has 0 heterocycles. The van der Waals surface area contributed by atoms with Gasteiger partial charge in [-0.1, -0.05) is 30.3 Å². The molecule has 0 aromatic heterocycles. The van der Waals surface area contributed by atoms with E-state index in [2.05, 4.69) is 30.3 Å². The molecule has 4 aliphatic rings. The molecule has 0 radical (unpaired) electrons. The molecule has 2 N–H and O–H groups in total. The highest BCUT2D eigenvalue weighted by Crippen LogP contribution is 2.66. The molecule has 1 nitrogen and oxygen atoms in total. The molecule has 4 bridgehead atoms. The summed E-state index contributed by atoms with van der Waals surface area (Å²) < 4.78 is 0. The first-order valence-electron chi connectivity index (χ1n) is 7.99. The summed E-state index contributed by atoms with van der Waals surface area (Å²) in [5, 5.41) is 0. The summed E-state index contributed by atoms with van der Waals surface area (Å²) in [4.78, 5) is 0. The Labute approximate surface area is 128 Å². The Hall–Kier alpha value is -0.530. The second-order valence-electron chi connectivity index (χ2n) is 7.65. The van der Waals surface area contributed by atoms with Crippen LogP contribution in [0, 0.1) is 17.3 Å². The zero-order chi connectivity index (χ0) is 12.9. The van der Waals surface area contributed by atoms with Gasteiger partial charge in [0.2, 0.25) is 0 Å². The molecule has 2 heteroatoms. The zero-order valence-corrected chi connectivity index (χ0v) is 13.0. The van der Waals surface area contributed by atoms with Crippen molar-refractivity contribution in [3.05, 3.63) is 35.9 Å². The summed E-state index contributed by atoms with van der Waals surface area (Å²) in [7, 11) is 0. The lowest BCUT2D eigenvalue weighted by atomic mass is 9.42. The van der Waals surface area contributed by atoms with E-state index in [9.17, 15) is 0 Å². The van der Waals surface area contributed by atoms with E-state index in [0.717, 1.165) is 18.4 Å². The maximum atomic E-state index is 5.93. The van der Waals surface area contributed by atoms with Crippen LogP contribution in [0.3, 0.4) is 0 Å². The minimum atomic E-state index is 0. The van der Waals surface area contributed by atoms with Gasteiger partial charge in [0.25, 0.3) is 0 Å². The predicted octanol–water partition coefficient (Wildman–Crippen LogP) is 4.30. The first-order chi connectivity index (χ1) is 9.24. The number of benzene rings is 1. The van der Waals surface area contributed by atoms with E-state index in [-0.39, 0.29) is 12.4 Å². The topological polar surface area (TPSA) is 26.0 Å². The van der Waals surface area contributed by atoms with Gasteiger partial charge in [-0.3, -0.25) is 0 Å². The highest BCUT2D eigenvalue weighted by atomic mass is 35.5. The molecule has 1 aromatic rings. The smallest absolute Gasteiger partial charge is 0.00364 e. The summed E-state index contributed by atoms with van der Waals surface area (Å²) in [6.45, 7) is 0.879. The van der Waals surface area contributed by atoms with Crippen molar-refractivity contribution >= 4 is 12.4 Å². The Bertz CT molecular complexity index is 456. The number of hydrogen-bond acceptors (Lipinski definition) is 1. The van der Waals surface area contributed by atoms with E-state index in [1.165, 1.54) is 44.9 Å². The lowest BCUT2D eigenvalue weighted by Crippen LogP contribution is -2.54. The molecule has 0 amide bonds. The van der Waals surface area contributed by atoms with Crippen molar-refractivity contribution in [2.75, 3.05) is 6.54 Å². The highest BCUT2D eigenvalue weighted by molar-refractivity contribution is 5.85. The maximum Gasteiger partial charge on any atom is -0.00364 e. The minimum absolute atomic E-state index is 0. The van der Waals surface area contributed by atoms with Crippen LogP contribution < -0.4 is 5.73 Å². The quantitative estimate of drug-likeness (QED) is 0.883. The molecule has 4 saturated carbocycles. The molecular formula is C18H26ClN. The fourth-order valence-electron chi connectivity index (χ4n) is 6.18. The van der Waals surface area contributed by atoms with Gasteiger partial charge in [0.1, 0.15) is 0 Å². The van der Waals surface area contributed by atoms with Crippen molar-refractivity contribution in [1.29, 1.82) is 0 Å². The first-order valence-corrected chi connectivity index (χ1v) is 7.99. The van der Waals surface area contributed by atoms with Gasteiger partial charge in [-0.2, -0.15) is 0 Å². The summed E-state index contributed by atoms with van der Waals surface area (Å²) in [5.41, 5.74) is 8.64. The number of halogens is 1. The van der Waals surface area contributed by atoms with Gasteiger partial charge >= 0.3 is 0 Å². The van der Waals surface area contributed by atoms with Crippen LogP contribution in [0.4, 0.5) is 0 Å². The van der Waals surface area contributed by atoms with Crippen LogP contribution in [0.15, 0.2) is 30.3 Å². The third kappa shape index (κ3) is 2.10. The van der Waals surface area contributed by atoms with E-state index < -0.39 is 0 Å². The van der Waals surface area contributed by atoms with Gasteiger partial charge in [-0.25, -0.2) is 0 Å².